The number of hydrogen-bond acceptors (Lipinski definition) is 5. The molecule has 0 unspecified atom stereocenters. The Bertz CT molecular complexity index is 901. The number of carbonyl (C=O) groups excluding carboxylic acids is 1. The molecular formula is C14H9ClN2O3S. The molecule has 3 aromatic rings. The van der Waals surface area contributed by atoms with Crippen molar-refractivity contribution in [2.45, 2.75) is 6.92 Å². The molecule has 0 bridgehead atoms. The molecule has 3 rings (SSSR count). The molecule has 0 saturated heterocycles. The molecule has 0 atom stereocenters. The maximum absolute atomic E-state index is 12.0. The fourth-order valence-electron chi connectivity index (χ4n) is 1.88. The summed E-state index contributed by atoms with van der Waals surface area (Å²) in [4.78, 5) is 27.2. The Morgan fingerprint density at radius 1 is 1.38 bits per heavy atom. The third-order valence-electron chi connectivity index (χ3n) is 2.76. The summed E-state index contributed by atoms with van der Waals surface area (Å²) in [6.07, 6.45) is 0. The second kappa shape index (κ2) is 5.31. The molecule has 0 fully saturated rings. The standard InChI is InChI=1S/C14H9ClN2O3S/c1-7(18)16-14-17-11(6-21-14)10-5-8-4-9(15)2-3-12(8)20-13(10)19/h2-6H,1H3,(H,16,17,18). The molecule has 0 aliphatic heterocycles. The van der Waals surface area contributed by atoms with Gasteiger partial charge in [-0.15, -0.1) is 11.3 Å². The Hall–Kier alpha value is -2.18. The van der Waals surface area contributed by atoms with Crippen LogP contribution < -0.4 is 10.9 Å². The quantitative estimate of drug-likeness (QED) is 0.733. The van der Waals surface area contributed by atoms with Crippen LogP contribution in [0.3, 0.4) is 0 Å². The summed E-state index contributed by atoms with van der Waals surface area (Å²) in [5.74, 6) is -0.215. The van der Waals surface area contributed by atoms with E-state index in [0.717, 1.165) is 0 Å². The van der Waals surface area contributed by atoms with Crippen LogP contribution in [-0.4, -0.2) is 10.9 Å². The van der Waals surface area contributed by atoms with Gasteiger partial charge in [0, 0.05) is 22.7 Å². The van der Waals surface area contributed by atoms with Crippen LogP contribution in [0.15, 0.2) is 38.9 Å². The highest BCUT2D eigenvalue weighted by atomic mass is 35.5. The number of halogens is 1. The average Bonchev–Trinajstić information content (AvgIpc) is 2.86. The molecule has 0 spiro atoms. The highest BCUT2D eigenvalue weighted by Crippen LogP contribution is 2.26. The first kappa shape index (κ1) is 13.8. The molecule has 1 amide bonds. The van der Waals surface area contributed by atoms with E-state index in [1.54, 1.807) is 29.6 Å². The maximum Gasteiger partial charge on any atom is 0.345 e. The number of hydrogen-bond donors (Lipinski definition) is 1. The second-order valence-electron chi connectivity index (χ2n) is 4.35. The van der Waals surface area contributed by atoms with Crippen LogP contribution in [0.2, 0.25) is 5.02 Å². The predicted molar refractivity (Wildman–Crippen MR) is 82.9 cm³/mol. The average molecular weight is 321 g/mol. The minimum Gasteiger partial charge on any atom is -0.422 e. The van der Waals surface area contributed by atoms with Gasteiger partial charge in [0.15, 0.2) is 5.13 Å². The van der Waals surface area contributed by atoms with E-state index in [4.69, 9.17) is 16.0 Å². The van der Waals surface area contributed by atoms with Gasteiger partial charge < -0.3 is 9.73 Å². The van der Waals surface area contributed by atoms with E-state index in [1.807, 2.05) is 0 Å². The molecule has 0 aliphatic carbocycles. The van der Waals surface area contributed by atoms with E-state index in [9.17, 15) is 9.59 Å². The molecule has 2 aromatic heterocycles. The Balaban J connectivity index is 2.11. The molecule has 2 heterocycles. The number of nitrogens with one attached hydrogen (secondary N) is 1. The van der Waals surface area contributed by atoms with Crippen LogP contribution >= 0.6 is 22.9 Å². The zero-order chi connectivity index (χ0) is 15.0. The summed E-state index contributed by atoms with van der Waals surface area (Å²) >= 11 is 7.18. The normalized spacial score (nSPS) is 10.8. The number of carbonyl (C=O) groups is 1. The summed E-state index contributed by atoms with van der Waals surface area (Å²) in [5.41, 5.74) is 0.770. The van der Waals surface area contributed by atoms with E-state index >= 15 is 0 Å². The zero-order valence-corrected chi connectivity index (χ0v) is 12.4. The van der Waals surface area contributed by atoms with Gasteiger partial charge in [-0.3, -0.25) is 4.79 Å². The predicted octanol–water partition coefficient (Wildman–Crippen LogP) is 3.53. The molecule has 5 nitrogen and oxygen atoms in total. The van der Waals surface area contributed by atoms with Gasteiger partial charge >= 0.3 is 5.63 Å². The van der Waals surface area contributed by atoms with Gasteiger partial charge in [0.25, 0.3) is 0 Å². The fourth-order valence-corrected chi connectivity index (χ4v) is 2.82. The molecule has 0 aliphatic rings. The van der Waals surface area contributed by atoms with E-state index in [-0.39, 0.29) is 5.91 Å². The number of anilines is 1. The van der Waals surface area contributed by atoms with Gasteiger partial charge in [-0.1, -0.05) is 11.6 Å². The van der Waals surface area contributed by atoms with Crippen LogP contribution in [0, 0.1) is 0 Å². The monoisotopic (exact) mass is 320 g/mol. The summed E-state index contributed by atoms with van der Waals surface area (Å²) in [6.45, 7) is 1.40. The minimum atomic E-state index is -0.482. The molecule has 0 saturated carbocycles. The summed E-state index contributed by atoms with van der Waals surface area (Å²) in [6, 6.07) is 6.70. The van der Waals surface area contributed by atoms with Gasteiger partial charge in [-0.05, 0) is 24.3 Å². The number of thiazole rings is 1. The number of benzene rings is 1. The van der Waals surface area contributed by atoms with E-state index < -0.39 is 5.63 Å². The Kier molecular flexibility index (Phi) is 3.48. The van der Waals surface area contributed by atoms with Gasteiger partial charge in [-0.25, -0.2) is 9.78 Å². The molecular weight excluding hydrogens is 312 g/mol. The lowest BCUT2D eigenvalue weighted by Gasteiger charge is -2.00. The first-order valence-corrected chi connectivity index (χ1v) is 7.25. The highest BCUT2D eigenvalue weighted by Gasteiger charge is 2.12. The SMILES string of the molecule is CC(=O)Nc1nc(-c2cc3cc(Cl)ccc3oc2=O)cs1. The van der Waals surface area contributed by atoms with Crippen LogP contribution in [0.5, 0.6) is 0 Å². The van der Waals surface area contributed by atoms with Crippen LogP contribution in [0.25, 0.3) is 22.2 Å². The number of rotatable bonds is 2. The van der Waals surface area contributed by atoms with Crippen molar-refractivity contribution in [2.24, 2.45) is 0 Å². The third-order valence-corrected chi connectivity index (χ3v) is 3.75. The van der Waals surface area contributed by atoms with Crippen molar-refractivity contribution in [3.8, 4) is 11.3 Å². The molecule has 0 radical (unpaired) electrons. The largest absolute Gasteiger partial charge is 0.422 e. The van der Waals surface area contributed by atoms with Crippen LogP contribution in [0.1, 0.15) is 6.92 Å². The highest BCUT2D eigenvalue weighted by molar-refractivity contribution is 7.14. The Labute approximate surface area is 128 Å². The Morgan fingerprint density at radius 3 is 2.95 bits per heavy atom. The maximum atomic E-state index is 12.0. The topological polar surface area (TPSA) is 72.2 Å². The number of amides is 1. The molecule has 21 heavy (non-hydrogen) atoms. The smallest absolute Gasteiger partial charge is 0.345 e. The minimum absolute atomic E-state index is 0.215. The van der Waals surface area contributed by atoms with Gasteiger partial charge in [0.05, 0.1) is 11.3 Å². The molecule has 1 N–H and O–H groups in total. The van der Waals surface area contributed by atoms with Crippen molar-refractivity contribution in [2.75, 3.05) is 5.32 Å². The third kappa shape index (κ3) is 2.81. The molecule has 106 valence electrons. The van der Waals surface area contributed by atoms with Gasteiger partial charge in [-0.2, -0.15) is 0 Å². The van der Waals surface area contributed by atoms with E-state index in [0.29, 0.717) is 32.4 Å². The Morgan fingerprint density at radius 2 is 2.19 bits per heavy atom. The summed E-state index contributed by atoms with van der Waals surface area (Å²) in [5, 5.41) is 5.97. The molecule has 7 heteroatoms. The van der Waals surface area contributed by atoms with Gasteiger partial charge in [0.2, 0.25) is 5.91 Å². The van der Waals surface area contributed by atoms with E-state index in [1.165, 1.54) is 18.3 Å². The molecule has 1 aromatic carbocycles. The number of aromatic nitrogens is 1. The van der Waals surface area contributed by atoms with Crippen molar-refractivity contribution < 1.29 is 9.21 Å². The second-order valence-corrected chi connectivity index (χ2v) is 5.64. The fraction of sp³-hybridized carbons (Fsp3) is 0.0714. The van der Waals surface area contributed by atoms with Crippen molar-refractivity contribution in [1.29, 1.82) is 0 Å². The summed E-state index contributed by atoms with van der Waals surface area (Å²) in [7, 11) is 0. The van der Waals surface area contributed by atoms with Gasteiger partial charge in [0.1, 0.15) is 5.58 Å². The van der Waals surface area contributed by atoms with Crippen LogP contribution in [-0.2, 0) is 4.79 Å². The lowest BCUT2D eigenvalue weighted by molar-refractivity contribution is -0.114. The zero-order valence-electron chi connectivity index (χ0n) is 10.8. The van der Waals surface area contributed by atoms with Crippen molar-refractivity contribution in [3.05, 3.63) is 45.1 Å². The number of fused-ring (bicyclic) bond motifs is 1. The van der Waals surface area contributed by atoms with Crippen molar-refractivity contribution in [3.63, 3.8) is 0 Å². The number of nitrogens with zero attached hydrogens (tertiary/aromatic N) is 1. The van der Waals surface area contributed by atoms with E-state index in [2.05, 4.69) is 10.3 Å². The first-order chi connectivity index (χ1) is 10.0. The summed E-state index contributed by atoms with van der Waals surface area (Å²) < 4.78 is 5.26. The lowest BCUT2D eigenvalue weighted by atomic mass is 10.1. The first-order valence-electron chi connectivity index (χ1n) is 6.00. The van der Waals surface area contributed by atoms with Crippen LogP contribution in [0.4, 0.5) is 5.13 Å². The lowest BCUT2D eigenvalue weighted by Crippen LogP contribution is -2.06. The van der Waals surface area contributed by atoms with Crippen molar-refractivity contribution >= 4 is 44.9 Å². The van der Waals surface area contributed by atoms with Crippen molar-refractivity contribution in [1.82, 2.24) is 4.98 Å².